The van der Waals surface area contributed by atoms with Gasteiger partial charge in [0.2, 0.25) is 5.91 Å². The minimum Gasteiger partial charge on any atom is -0.353 e. The molecule has 1 fully saturated rings. The molecule has 0 saturated carbocycles. The van der Waals surface area contributed by atoms with E-state index >= 15 is 0 Å². The summed E-state index contributed by atoms with van der Waals surface area (Å²) in [4.78, 5) is 31.5. The molecule has 2 aromatic rings. The number of carbonyl (C=O) groups is 2. The Hall–Kier alpha value is -2.63. The number of benzene rings is 1. The largest absolute Gasteiger partial charge is 0.353 e. The summed E-state index contributed by atoms with van der Waals surface area (Å²) in [5.74, 6) is 0.420. The summed E-state index contributed by atoms with van der Waals surface area (Å²) in [7, 11) is 1.81. The van der Waals surface area contributed by atoms with Crippen molar-refractivity contribution in [2.24, 2.45) is 13.0 Å². The maximum Gasteiger partial charge on any atom is 0.290 e. The Morgan fingerprint density at radius 3 is 2.72 bits per heavy atom. The van der Waals surface area contributed by atoms with Gasteiger partial charge in [0.1, 0.15) is 6.04 Å². The zero-order valence-corrected chi connectivity index (χ0v) is 14.9. The molecule has 132 valence electrons. The number of amides is 2. The van der Waals surface area contributed by atoms with E-state index in [1.165, 1.54) is 0 Å². The minimum absolute atomic E-state index is 0.0780. The lowest BCUT2D eigenvalue weighted by molar-refractivity contribution is -0.128. The van der Waals surface area contributed by atoms with E-state index in [0.717, 1.165) is 11.3 Å². The lowest BCUT2D eigenvalue weighted by Crippen LogP contribution is -2.57. The smallest absolute Gasteiger partial charge is 0.290 e. The van der Waals surface area contributed by atoms with Crippen LogP contribution in [0.4, 0.5) is 0 Å². The number of hydrogen-bond donors (Lipinski definition) is 1. The molecule has 0 spiro atoms. The third-order valence-corrected chi connectivity index (χ3v) is 4.42. The highest BCUT2D eigenvalue weighted by molar-refractivity contribution is 5.96. The van der Waals surface area contributed by atoms with Crippen LogP contribution in [-0.4, -0.2) is 45.4 Å². The second-order valence-electron chi connectivity index (χ2n) is 6.86. The van der Waals surface area contributed by atoms with Crippen molar-refractivity contribution in [2.45, 2.75) is 26.3 Å². The Bertz CT molecular complexity index is 767. The number of carbonyl (C=O) groups excluding carboxylic acids is 2. The Kier molecular flexibility index (Phi) is 4.88. The van der Waals surface area contributed by atoms with E-state index in [1.807, 2.05) is 43.6 Å². The van der Waals surface area contributed by atoms with Crippen molar-refractivity contribution in [3.05, 3.63) is 42.4 Å². The Morgan fingerprint density at radius 2 is 2.04 bits per heavy atom. The average molecular weight is 340 g/mol. The fraction of sp³-hybridized carbons (Fsp3) is 0.421. The number of aromatic nitrogens is 2. The van der Waals surface area contributed by atoms with Gasteiger partial charge in [0.25, 0.3) is 5.91 Å². The van der Waals surface area contributed by atoms with Gasteiger partial charge in [0, 0.05) is 31.9 Å². The van der Waals surface area contributed by atoms with Gasteiger partial charge < -0.3 is 14.8 Å². The van der Waals surface area contributed by atoms with E-state index in [9.17, 15) is 9.59 Å². The van der Waals surface area contributed by atoms with E-state index < -0.39 is 6.04 Å². The number of nitrogens with one attached hydrogen (secondary N) is 1. The molecule has 6 heteroatoms. The third kappa shape index (κ3) is 3.57. The zero-order chi connectivity index (χ0) is 18.0. The zero-order valence-electron chi connectivity index (χ0n) is 14.9. The van der Waals surface area contributed by atoms with Crippen LogP contribution in [0.3, 0.4) is 0 Å². The summed E-state index contributed by atoms with van der Waals surface area (Å²) >= 11 is 0. The van der Waals surface area contributed by atoms with Crippen LogP contribution >= 0.6 is 0 Å². The van der Waals surface area contributed by atoms with E-state index in [0.29, 0.717) is 31.3 Å². The van der Waals surface area contributed by atoms with Crippen molar-refractivity contribution in [2.75, 3.05) is 13.1 Å². The number of rotatable bonds is 4. The van der Waals surface area contributed by atoms with Crippen molar-refractivity contribution in [1.29, 1.82) is 0 Å². The lowest BCUT2D eigenvalue weighted by Gasteiger charge is -2.35. The van der Waals surface area contributed by atoms with Crippen LogP contribution in [0, 0.1) is 5.92 Å². The molecule has 3 rings (SSSR count). The molecule has 1 aromatic heterocycles. The van der Waals surface area contributed by atoms with Gasteiger partial charge in [-0.1, -0.05) is 44.2 Å². The maximum atomic E-state index is 13.1. The van der Waals surface area contributed by atoms with Gasteiger partial charge in [0.05, 0.1) is 5.69 Å². The highest BCUT2D eigenvalue weighted by Crippen LogP contribution is 2.21. The highest BCUT2D eigenvalue weighted by atomic mass is 16.2. The lowest BCUT2D eigenvalue weighted by atomic mass is 10.00. The van der Waals surface area contributed by atoms with Gasteiger partial charge in [-0.05, 0) is 12.3 Å². The number of imidazole rings is 1. The predicted molar refractivity (Wildman–Crippen MR) is 95.9 cm³/mol. The molecule has 0 bridgehead atoms. The minimum atomic E-state index is -0.432. The Labute approximate surface area is 147 Å². The number of aryl methyl sites for hydroxylation is 1. The first-order valence-corrected chi connectivity index (χ1v) is 8.65. The van der Waals surface area contributed by atoms with Gasteiger partial charge >= 0.3 is 0 Å². The molecule has 1 atom stereocenters. The first kappa shape index (κ1) is 17.2. The van der Waals surface area contributed by atoms with Gasteiger partial charge in [0.15, 0.2) is 5.82 Å². The van der Waals surface area contributed by atoms with Crippen molar-refractivity contribution in [3.8, 4) is 11.3 Å². The summed E-state index contributed by atoms with van der Waals surface area (Å²) in [6, 6.07) is 9.33. The normalized spacial score (nSPS) is 17.7. The third-order valence-electron chi connectivity index (χ3n) is 4.42. The van der Waals surface area contributed by atoms with Crippen molar-refractivity contribution >= 4 is 11.8 Å². The Morgan fingerprint density at radius 1 is 1.32 bits per heavy atom. The van der Waals surface area contributed by atoms with Crippen LogP contribution in [0.5, 0.6) is 0 Å². The Balaban J connectivity index is 1.89. The molecule has 0 radical (unpaired) electrons. The fourth-order valence-electron chi connectivity index (χ4n) is 3.18. The molecular weight excluding hydrogens is 316 g/mol. The molecule has 0 aliphatic carbocycles. The maximum absolute atomic E-state index is 13.1. The van der Waals surface area contributed by atoms with Crippen LogP contribution in [0.2, 0.25) is 0 Å². The predicted octanol–water partition coefficient (Wildman–Crippen LogP) is 2.07. The topological polar surface area (TPSA) is 67.2 Å². The average Bonchev–Trinajstić information content (AvgIpc) is 2.98. The molecule has 1 aliphatic heterocycles. The molecule has 6 nitrogen and oxygen atoms in total. The van der Waals surface area contributed by atoms with Crippen LogP contribution in [-0.2, 0) is 11.8 Å². The van der Waals surface area contributed by atoms with Crippen molar-refractivity contribution < 1.29 is 9.59 Å². The molecular formula is C19H24N4O2. The van der Waals surface area contributed by atoms with Gasteiger partial charge in [-0.2, -0.15) is 0 Å². The van der Waals surface area contributed by atoms with Crippen molar-refractivity contribution in [3.63, 3.8) is 0 Å². The quantitative estimate of drug-likeness (QED) is 0.926. The van der Waals surface area contributed by atoms with E-state index in [2.05, 4.69) is 24.1 Å². The summed E-state index contributed by atoms with van der Waals surface area (Å²) in [6.07, 6.45) is 2.50. The van der Waals surface area contributed by atoms with Crippen LogP contribution < -0.4 is 5.32 Å². The summed E-state index contributed by atoms with van der Waals surface area (Å²) in [5, 5.41) is 2.86. The van der Waals surface area contributed by atoms with Crippen LogP contribution in [0.1, 0.15) is 30.9 Å². The number of hydrogen-bond acceptors (Lipinski definition) is 3. The summed E-state index contributed by atoms with van der Waals surface area (Å²) in [6.45, 7) is 5.10. The van der Waals surface area contributed by atoms with Gasteiger partial charge in [-0.3, -0.25) is 9.59 Å². The molecule has 1 N–H and O–H groups in total. The van der Waals surface area contributed by atoms with Gasteiger partial charge in [-0.15, -0.1) is 0 Å². The van der Waals surface area contributed by atoms with E-state index in [4.69, 9.17) is 0 Å². The van der Waals surface area contributed by atoms with Gasteiger partial charge in [-0.25, -0.2) is 4.98 Å². The van der Waals surface area contributed by atoms with Crippen LogP contribution in [0.15, 0.2) is 36.5 Å². The molecule has 2 heterocycles. The van der Waals surface area contributed by atoms with E-state index in [1.54, 1.807) is 9.47 Å². The molecule has 25 heavy (non-hydrogen) atoms. The molecule has 1 saturated heterocycles. The number of piperazine rings is 1. The molecule has 2 amide bonds. The first-order chi connectivity index (χ1) is 12.0. The second kappa shape index (κ2) is 7.09. The summed E-state index contributed by atoms with van der Waals surface area (Å²) < 4.78 is 1.74. The highest BCUT2D eigenvalue weighted by Gasteiger charge is 2.35. The number of nitrogens with zero attached hydrogens (tertiary/aromatic N) is 3. The summed E-state index contributed by atoms with van der Waals surface area (Å²) in [5.41, 5.74) is 1.72. The second-order valence-corrected chi connectivity index (χ2v) is 6.86. The van der Waals surface area contributed by atoms with Crippen LogP contribution in [0.25, 0.3) is 11.3 Å². The fourth-order valence-corrected chi connectivity index (χ4v) is 3.18. The molecule has 1 aromatic carbocycles. The monoisotopic (exact) mass is 340 g/mol. The van der Waals surface area contributed by atoms with Crippen molar-refractivity contribution in [1.82, 2.24) is 19.8 Å². The first-order valence-electron chi connectivity index (χ1n) is 8.65. The molecule has 1 unspecified atom stereocenters. The standard InChI is InChI=1S/C19H24N4O2/c1-13(2)11-16-18(24)20-9-10-23(16)19(25)17-21-15(12-22(17)3)14-7-5-4-6-8-14/h4-8,12-13,16H,9-11H2,1-3H3,(H,20,24). The SMILES string of the molecule is CC(C)CC1C(=O)NCCN1C(=O)c1nc(-c2ccccc2)cn1C. The molecule has 1 aliphatic rings. The van der Waals surface area contributed by atoms with E-state index in [-0.39, 0.29) is 11.8 Å².